The van der Waals surface area contributed by atoms with Crippen LogP contribution in [0, 0.1) is 6.92 Å². The van der Waals surface area contributed by atoms with E-state index in [2.05, 4.69) is 17.3 Å². The van der Waals surface area contributed by atoms with E-state index in [1.807, 2.05) is 17.9 Å². The number of nitrogens with zero attached hydrogens (tertiary/aromatic N) is 2. The van der Waals surface area contributed by atoms with Gasteiger partial charge < -0.3 is 10.1 Å². The van der Waals surface area contributed by atoms with Crippen LogP contribution in [-0.2, 0) is 18.3 Å². The molecule has 2 heterocycles. The van der Waals surface area contributed by atoms with Crippen molar-refractivity contribution in [1.29, 1.82) is 0 Å². The molecule has 0 spiro atoms. The largest absolute Gasteiger partial charge is 0.380 e. The van der Waals surface area contributed by atoms with Crippen molar-refractivity contribution in [1.82, 2.24) is 15.1 Å². The summed E-state index contributed by atoms with van der Waals surface area (Å²) in [5, 5.41) is 7.69. The first-order valence-corrected chi connectivity index (χ1v) is 5.06. The molecule has 0 radical (unpaired) electrons. The third kappa shape index (κ3) is 1.96. The Balaban J connectivity index is 1.90. The summed E-state index contributed by atoms with van der Waals surface area (Å²) < 4.78 is 7.23. The van der Waals surface area contributed by atoms with Crippen LogP contribution in [0.3, 0.4) is 0 Å². The zero-order chi connectivity index (χ0) is 9.97. The first-order chi connectivity index (χ1) is 6.77. The minimum absolute atomic E-state index is 0.518. The van der Waals surface area contributed by atoms with Crippen molar-refractivity contribution >= 4 is 0 Å². The standard InChI is InChI=1S/C10H17N3O/c1-8-5-12-13(2)10(8)6-11-9-3-4-14-7-9/h5,9,11H,3-4,6-7H2,1-2H3. The second kappa shape index (κ2) is 4.11. The fourth-order valence-corrected chi connectivity index (χ4v) is 1.76. The van der Waals surface area contributed by atoms with E-state index in [0.717, 1.165) is 26.2 Å². The summed E-state index contributed by atoms with van der Waals surface area (Å²) in [6.07, 6.45) is 3.03. The van der Waals surface area contributed by atoms with Crippen LogP contribution < -0.4 is 5.32 Å². The van der Waals surface area contributed by atoms with Crippen LogP contribution in [0.4, 0.5) is 0 Å². The molecule has 0 aliphatic carbocycles. The van der Waals surface area contributed by atoms with Gasteiger partial charge in [0.15, 0.2) is 0 Å². The maximum Gasteiger partial charge on any atom is 0.0620 e. The van der Waals surface area contributed by atoms with E-state index in [1.54, 1.807) is 0 Å². The SMILES string of the molecule is Cc1cnn(C)c1CNC1CCOC1. The zero-order valence-electron chi connectivity index (χ0n) is 8.79. The maximum atomic E-state index is 5.30. The van der Waals surface area contributed by atoms with Crippen LogP contribution in [-0.4, -0.2) is 29.0 Å². The minimum Gasteiger partial charge on any atom is -0.380 e. The quantitative estimate of drug-likeness (QED) is 0.768. The van der Waals surface area contributed by atoms with E-state index in [9.17, 15) is 0 Å². The van der Waals surface area contributed by atoms with Crippen molar-refractivity contribution in [2.75, 3.05) is 13.2 Å². The number of aryl methyl sites for hydroxylation is 2. The zero-order valence-corrected chi connectivity index (χ0v) is 8.79. The minimum atomic E-state index is 0.518. The Labute approximate surface area is 84.3 Å². The van der Waals surface area contributed by atoms with Gasteiger partial charge in [-0.2, -0.15) is 5.10 Å². The summed E-state index contributed by atoms with van der Waals surface area (Å²) in [6, 6.07) is 0.518. The molecule has 0 bridgehead atoms. The van der Waals surface area contributed by atoms with E-state index in [0.29, 0.717) is 6.04 Å². The van der Waals surface area contributed by atoms with Crippen molar-refractivity contribution < 1.29 is 4.74 Å². The number of nitrogens with one attached hydrogen (secondary N) is 1. The predicted molar refractivity (Wildman–Crippen MR) is 54.0 cm³/mol. The van der Waals surface area contributed by atoms with Crippen LogP contribution in [0.2, 0.25) is 0 Å². The first-order valence-electron chi connectivity index (χ1n) is 5.06. The molecule has 4 nitrogen and oxygen atoms in total. The smallest absolute Gasteiger partial charge is 0.0620 e. The van der Waals surface area contributed by atoms with Crippen LogP contribution >= 0.6 is 0 Å². The molecular formula is C10H17N3O. The Hall–Kier alpha value is -0.870. The summed E-state index contributed by atoms with van der Waals surface area (Å²) in [4.78, 5) is 0. The molecule has 0 saturated carbocycles. The van der Waals surface area contributed by atoms with Gasteiger partial charge in [-0.1, -0.05) is 0 Å². The van der Waals surface area contributed by atoms with Gasteiger partial charge in [-0.25, -0.2) is 0 Å². The Morgan fingerprint density at radius 3 is 3.14 bits per heavy atom. The molecule has 14 heavy (non-hydrogen) atoms. The van der Waals surface area contributed by atoms with E-state index >= 15 is 0 Å². The lowest BCUT2D eigenvalue weighted by Gasteiger charge is -2.11. The number of ether oxygens (including phenoxy) is 1. The number of hydrogen-bond acceptors (Lipinski definition) is 3. The number of hydrogen-bond donors (Lipinski definition) is 1. The molecule has 1 fully saturated rings. The monoisotopic (exact) mass is 195 g/mol. The van der Waals surface area contributed by atoms with Crippen LogP contribution in [0.1, 0.15) is 17.7 Å². The molecule has 0 amide bonds. The lowest BCUT2D eigenvalue weighted by Crippen LogP contribution is -2.29. The Morgan fingerprint density at radius 1 is 1.71 bits per heavy atom. The summed E-state index contributed by atoms with van der Waals surface area (Å²) >= 11 is 0. The van der Waals surface area contributed by atoms with Crippen molar-refractivity contribution in [3.8, 4) is 0 Å². The molecule has 0 aromatic carbocycles. The molecule has 1 aliphatic rings. The molecule has 1 atom stereocenters. The highest BCUT2D eigenvalue weighted by atomic mass is 16.5. The third-order valence-electron chi connectivity index (χ3n) is 2.76. The van der Waals surface area contributed by atoms with Crippen molar-refractivity contribution in [2.45, 2.75) is 25.9 Å². The molecular weight excluding hydrogens is 178 g/mol. The predicted octanol–water partition coefficient (Wildman–Crippen LogP) is 0.607. The van der Waals surface area contributed by atoms with Gasteiger partial charge in [0.1, 0.15) is 0 Å². The van der Waals surface area contributed by atoms with Gasteiger partial charge in [0.25, 0.3) is 0 Å². The summed E-state index contributed by atoms with van der Waals surface area (Å²) in [7, 11) is 1.98. The fourth-order valence-electron chi connectivity index (χ4n) is 1.76. The topological polar surface area (TPSA) is 39.1 Å². The second-order valence-electron chi connectivity index (χ2n) is 3.84. The molecule has 2 rings (SSSR count). The summed E-state index contributed by atoms with van der Waals surface area (Å²) in [6.45, 7) is 4.71. The van der Waals surface area contributed by atoms with Crippen LogP contribution in [0.25, 0.3) is 0 Å². The van der Waals surface area contributed by atoms with Gasteiger partial charge in [0.05, 0.1) is 18.5 Å². The molecule has 1 aliphatic heterocycles. The highest BCUT2D eigenvalue weighted by Gasteiger charge is 2.15. The number of rotatable bonds is 3. The maximum absolute atomic E-state index is 5.30. The third-order valence-corrected chi connectivity index (χ3v) is 2.76. The van der Waals surface area contributed by atoms with Gasteiger partial charge in [0, 0.05) is 26.2 Å². The molecule has 1 aromatic heterocycles. The molecule has 78 valence electrons. The van der Waals surface area contributed by atoms with E-state index in [4.69, 9.17) is 4.74 Å². The normalized spacial score (nSPS) is 21.7. The van der Waals surface area contributed by atoms with E-state index in [-0.39, 0.29) is 0 Å². The van der Waals surface area contributed by atoms with Gasteiger partial charge >= 0.3 is 0 Å². The Bertz CT molecular complexity index is 283. The highest BCUT2D eigenvalue weighted by Crippen LogP contribution is 2.08. The number of aromatic nitrogens is 2. The average molecular weight is 195 g/mol. The van der Waals surface area contributed by atoms with E-state index < -0.39 is 0 Å². The fraction of sp³-hybridized carbons (Fsp3) is 0.700. The molecule has 1 unspecified atom stereocenters. The van der Waals surface area contributed by atoms with Crippen molar-refractivity contribution in [3.63, 3.8) is 0 Å². The second-order valence-corrected chi connectivity index (χ2v) is 3.84. The van der Waals surface area contributed by atoms with Crippen LogP contribution in [0.15, 0.2) is 6.20 Å². The van der Waals surface area contributed by atoms with E-state index in [1.165, 1.54) is 11.3 Å². The molecule has 1 saturated heterocycles. The lowest BCUT2D eigenvalue weighted by atomic mass is 10.2. The van der Waals surface area contributed by atoms with Crippen molar-refractivity contribution in [3.05, 3.63) is 17.5 Å². The molecule has 1 aromatic rings. The Morgan fingerprint density at radius 2 is 2.57 bits per heavy atom. The summed E-state index contributed by atoms with van der Waals surface area (Å²) in [5.74, 6) is 0. The lowest BCUT2D eigenvalue weighted by molar-refractivity contribution is 0.189. The van der Waals surface area contributed by atoms with Gasteiger partial charge in [0.2, 0.25) is 0 Å². The highest BCUT2D eigenvalue weighted by molar-refractivity contribution is 5.15. The van der Waals surface area contributed by atoms with Gasteiger partial charge in [-0.05, 0) is 18.9 Å². The summed E-state index contributed by atoms with van der Waals surface area (Å²) in [5.41, 5.74) is 2.51. The molecule has 1 N–H and O–H groups in total. The van der Waals surface area contributed by atoms with Gasteiger partial charge in [-0.15, -0.1) is 0 Å². The first kappa shape index (κ1) is 9.68. The van der Waals surface area contributed by atoms with Crippen molar-refractivity contribution in [2.24, 2.45) is 7.05 Å². The average Bonchev–Trinajstić information content (AvgIpc) is 2.76. The molecule has 4 heteroatoms. The Kier molecular flexibility index (Phi) is 2.84. The van der Waals surface area contributed by atoms with Crippen LogP contribution in [0.5, 0.6) is 0 Å². The van der Waals surface area contributed by atoms with Gasteiger partial charge in [-0.3, -0.25) is 4.68 Å².